The van der Waals surface area contributed by atoms with Crippen molar-refractivity contribution >= 4 is 0 Å². The highest BCUT2D eigenvalue weighted by Crippen LogP contribution is 2.22. The first kappa shape index (κ1) is 12.9. The number of aromatic nitrogens is 1. The van der Waals surface area contributed by atoms with Crippen molar-refractivity contribution in [1.29, 1.82) is 0 Å². The summed E-state index contributed by atoms with van der Waals surface area (Å²) < 4.78 is 0. The maximum absolute atomic E-state index is 4.51. The Labute approximate surface area is 98.8 Å². The summed E-state index contributed by atoms with van der Waals surface area (Å²) in [5.74, 6) is 0. The van der Waals surface area contributed by atoms with Crippen molar-refractivity contribution in [2.75, 3.05) is 6.54 Å². The van der Waals surface area contributed by atoms with Crippen LogP contribution in [0, 0.1) is 13.8 Å². The smallest absolute Gasteiger partial charge is 0.0423 e. The van der Waals surface area contributed by atoms with E-state index in [1.807, 2.05) is 6.92 Å². The van der Waals surface area contributed by atoms with Crippen molar-refractivity contribution in [1.82, 2.24) is 10.3 Å². The van der Waals surface area contributed by atoms with Gasteiger partial charge in [-0.1, -0.05) is 18.6 Å². The zero-order chi connectivity index (χ0) is 12.1. The molecule has 1 N–H and O–H groups in total. The van der Waals surface area contributed by atoms with Gasteiger partial charge in [-0.15, -0.1) is 6.58 Å². The first-order valence-electron chi connectivity index (χ1n) is 5.86. The normalized spacial score (nSPS) is 12.5. The van der Waals surface area contributed by atoms with E-state index in [0.717, 1.165) is 24.4 Å². The molecule has 2 nitrogen and oxygen atoms in total. The van der Waals surface area contributed by atoms with E-state index in [0.29, 0.717) is 6.04 Å². The Balaban J connectivity index is 2.95. The van der Waals surface area contributed by atoms with Gasteiger partial charge in [0.15, 0.2) is 0 Å². The van der Waals surface area contributed by atoms with Gasteiger partial charge in [-0.25, -0.2) is 0 Å². The van der Waals surface area contributed by atoms with E-state index in [4.69, 9.17) is 0 Å². The lowest BCUT2D eigenvalue weighted by molar-refractivity contribution is 0.543. The lowest BCUT2D eigenvalue weighted by Gasteiger charge is -2.20. The van der Waals surface area contributed by atoms with E-state index in [-0.39, 0.29) is 0 Å². The summed E-state index contributed by atoms with van der Waals surface area (Å²) in [4.78, 5) is 4.51. The zero-order valence-electron chi connectivity index (χ0n) is 10.8. The lowest BCUT2D eigenvalue weighted by Crippen LogP contribution is -2.22. The molecule has 0 saturated heterocycles. The summed E-state index contributed by atoms with van der Waals surface area (Å²) >= 11 is 0. The number of nitrogens with one attached hydrogen (secondary N) is 1. The first-order chi connectivity index (χ1) is 7.54. The Morgan fingerprint density at radius 2 is 2.12 bits per heavy atom. The molecule has 0 aromatic carbocycles. The minimum absolute atomic E-state index is 0.343. The minimum atomic E-state index is 0.343. The third-order valence-corrected chi connectivity index (χ3v) is 2.64. The summed E-state index contributed by atoms with van der Waals surface area (Å²) in [6.45, 7) is 13.3. The van der Waals surface area contributed by atoms with E-state index in [1.165, 1.54) is 11.1 Å². The number of pyridine rings is 1. The van der Waals surface area contributed by atoms with E-state index >= 15 is 0 Å². The maximum atomic E-state index is 4.51. The van der Waals surface area contributed by atoms with Gasteiger partial charge in [0.2, 0.25) is 0 Å². The molecule has 16 heavy (non-hydrogen) atoms. The van der Waals surface area contributed by atoms with Crippen LogP contribution in [0.4, 0.5) is 0 Å². The van der Waals surface area contributed by atoms with Crippen LogP contribution in [-0.4, -0.2) is 11.5 Å². The number of hydrogen-bond donors (Lipinski definition) is 1. The van der Waals surface area contributed by atoms with Crippen molar-refractivity contribution in [2.24, 2.45) is 0 Å². The Bertz CT molecular complexity index is 369. The van der Waals surface area contributed by atoms with E-state index < -0.39 is 0 Å². The van der Waals surface area contributed by atoms with E-state index in [2.05, 4.69) is 49.8 Å². The second-order valence-electron chi connectivity index (χ2n) is 4.40. The zero-order valence-corrected chi connectivity index (χ0v) is 10.8. The topological polar surface area (TPSA) is 24.9 Å². The fourth-order valence-electron chi connectivity index (χ4n) is 1.95. The van der Waals surface area contributed by atoms with Crippen LogP contribution in [0.3, 0.4) is 0 Å². The minimum Gasteiger partial charge on any atom is -0.310 e. The quantitative estimate of drug-likeness (QED) is 0.767. The molecular formula is C14H22N2. The Morgan fingerprint density at radius 1 is 1.44 bits per heavy atom. The molecule has 0 amide bonds. The van der Waals surface area contributed by atoms with E-state index in [1.54, 1.807) is 0 Å². The summed E-state index contributed by atoms with van der Waals surface area (Å²) in [7, 11) is 0. The molecule has 0 spiro atoms. The molecule has 0 fully saturated rings. The molecule has 0 aliphatic heterocycles. The summed E-state index contributed by atoms with van der Waals surface area (Å²) in [5, 5.41) is 3.49. The number of hydrogen-bond acceptors (Lipinski definition) is 2. The maximum Gasteiger partial charge on any atom is 0.0423 e. The van der Waals surface area contributed by atoms with Gasteiger partial charge >= 0.3 is 0 Å². The average Bonchev–Trinajstić information content (AvgIpc) is 2.16. The molecule has 1 unspecified atom stereocenters. The highest BCUT2D eigenvalue weighted by Gasteiger charge is 2.13. The van der Waals surface area contributed by atoms with Crippen LogP contribution in [0.15, 0.2) is 24.3 Å². The fraction of sp³-hybridized carbons (Fsp3) is 0.500. The number of nitrogens with zero attached hydrogens (tertiary/aromatic N) is 1. The lowest BCUT2D eigenvalue weighted by atomic mass is 9.99. The standard InChI is InChI=1S/C14H22N2/c1-6-15-14(9-10(2)3)13-8-7-11(4)16-12(13)5/h7-8,14-15H,2,6,9H2,1,3-5H3. The van der Waals surface area contributed by atoms with Crippen LogP contribution in [0.25, 0.3) is 0 Å². The predicted octanol–water partition coefficient (Wildman–Crippen LogP) is 3.32. The van der Waals surface area contributed by atoms with Crippen molar-refractivity contribution in [2.45, 2.75) is 40.2 Å². The molecular weight excluding hydrogens is 196 g/mol. The number of aryl methyl sites for hydroxylation is 2. The molecule has 2 heteroatoms. The van der Waals surface area contributed by atoms with Crippen LogP contribution in [0.2, 0.25) is 0 Å². The highest BCUT2D eigenvalue weighted by molar-refractivity contribution is 5.26. The van der Waals surface area contributed by atoms with Crippen LogP contribution in [-0.2, 0) is 0 Å². The van der Waals surface area contributed by atoms with Crippen LogP contribution < -0.4 is 5.32 Å². The van der Waals surface area contributed by atoms with Gasteiger partial charge in [-0.2, -0.15) is 0 Å². The Kier molecular flexibility index (Phi) is 4.69. The summed E-state index contributed by atoms with van der Waals surface area (Å²) in [6, 6.07) is 4.59. The van der Waals surface area contributed by atoms with Crippen molar-refractivity contribution in [3.63, 3.8) is 0 Å². The van der Waals surface area contributed by atoms with Crippen LogP contribution in [0.1, 0.15) is 43.3 Å². The molecule has 1 atom stereocenters. The van der Waals surface area contributed by atoms with Crippen LogP contribution >= 0.6 is 0 Å². The molecule has 1 aromatic heterocycles. The largest absolute Gasteiger partial charge is 0.310 e. The van der Waals surface area contributed by atoms with Crippen molar-refractivity contribution in [3.8, 4) is 0 Å². The third-order valence-electron chi connectivity index (χ3n) is 2.64. The van der Waals surface area contributed by atoms with E-state index in [9.17, 15) is 0 Å². The Morgan fingerprint density at radius 3 is 2.62 bits per heavy atom. The van der Waals surface area contributed by atoms with Crippen molar-refractivity contribution in [3.05, 3.63) is 41.2 Å². The SMILES string of the molecule is C=C(C)CC(NCC)c1ccc(C)nc1C. The molecule has 0 radical (unpaired) electrons. The second kappa shape index (κ2) is 5.80. The molecule has 1 heterocycles. The van der Waals surface area contributed by atoms with Gasteiger partial charge in [0.05, 0.1) is 0 Å². The highest BCUT2D eigenvalue weighted by atomic mass is 14.9. The van der Waals surface area contributed by atoms with Gasteiger partial charge in [0.25, 0.3) is 0 Å². The fourth-order valence-corrected chi connectivity index (χ4v) is 1.95. The predicted molar refractivity (Wildman–Crippen MR) is 69.6 cm³/mol. The van der Waals surface area contributed by atoms with Crippen LogP contribution in [0.5, 0.6) is 0 Å². The molecule has 0 bridgehead atoms. The third kappa shape index (κ3) is 3.46. The first-order valence-corrected chi connectivity index (χ1v) is 5.86. The van der Waals surface area contributed by atoms with Gasteiger partial charge in [0, 0.05) is 17.4 Å². The molecule has 1 rings (SSSR count). The van der Waals surface area contributed by atoms with Crippen molar-refractivity contribution < 1.29 is 0 Å². The molecule has 0 aliphatic rings. The number of rotatable bonds is 5. The molecule has 0 aliphatic carbocycles. The summed E-state index contributed by atoms with van der Waals surface area (Å²) in [6.07, 6.45) is 0.972. The second-order valence-corrected chi connectivity index (χ2v) is 4.40. The monoisotopic (exact) mass is 218 g/mol. The van der Waals surface area contributed by atoms with Gasteiger partial charge in [-0.05, 0) is 45.4 Å². The average molecular weight is 218 g/mol. The molecule has 0 saturated carbocycles. The summed E-state index contributed by atoms with van der Waals surface area (Å²) in [5.41, 5.74) is 4.68. The van der Waals surface area contributed by atoms with Gasteiger partial charge in [0.1, 0.15) is 0 Å². The van der Waals surface area contributed by atoms with Gasteiger partial charge in [-0.3, -0.25) is 4.98 Å². The van der Waals surface area contributed by atoms with Gasteiger partial charge < -0.3 is 5.32 Å². The molecule has 88 valence electrons. The molecule has 1 aromatic rings. The Hall–Kier alpha value is -1.15.